The Labute approximate surface area is 158 Å². The lowest BCUT2D eigenvalue weighted by atomic mass is 10.2. The first-order valence-corrected chi connectivity index (χ1v) is 8.14. The molecule has 5 nitrogen and oxygen atoms in total. The topological polar surface area (TPSA) is 70.6 Å². The summed E-state index contributed by atoms with van der Waals surface area (Å²) in [6, 6.07) is 16.2. The molecule has 1 amide bonds. The standard InChI is InChI=1S/C18H21ClN2O3.ClH/c19-17-9-5-4-8-16(17)18(23)21-11-10-20-12-14(22)13-24-15-6-2-1-3-7-15;/h1-9,14,20,22H,10-13H2,(H,21,23);1H. The maximum Gasteiger partial charge on any atom is 0.252 e. The van der Waals surface area contributed by atoms with Crippen molar-refractivity contribution < 1.29 is 14.6 Å². The van der Waals surface area contributed by atoms with Crippen LogP contribution >= 0.6 is 24.0 Å². The summed E-state index contributed by atoms with van der Waals surface area (Å²) in [5, 5.41) is 16.1. The number of hydrogen-bond donors (Lipinski definition) is 3. The molecule has 25 heavy (non-hydrogen) atoms. The molecule has 0 fully saturated rings. The van der Waals surface area contributed by atoms with Crippen molar-refractivity contribution in [2.45, 2.75) is 6.10 Å². The number of nitrogens with one attached hydrogen (secondary N) is 2. The van der Waals surface area contributed by atoms with E-state index < -0.39 is 6.10 Å². The molecule has 0 spiro atoms. The SMILES string of the molecule is Cl.O=C(NCCNCC(O)COc1ccccc1)c1ccccc1Cl. The zero-order chi connectivity index (χ0) is 17.2. The first-order chi connectivity index (χ1) is 11.7. The molecule has 0 heterocycles. The summed E-state index contributed by atoms with van der Waals surface area (Å²) in [5.41, 5.74) is 0.454. The number of amides is 1. The molecule has 0 aliphatic heterocycles. The van der Waals surface area contributed by atoms with Gasteiger partial charge in [0, 0.05) is 19.6 Å². The summed E-state index contributed by atoms with van der Waals surface area (Å²) in [6.45, 7) is 1.58. The van der Waals surface area contributed by atoms with Crippen molar-refractivity contribution in [3.8, 4) is 5.75 Å². The summed E-state index contributed by atoms with van der Waals surface area (Å²) in [7, 11) is 0. The second-order valence-corrected chi connectivity index (χ2v) is 5.62. The summed E-state index contributed by atoms with van der Waals surface area (Å²) < 4.78 is 5.46. The monoisotopic (exact) mass is 384 g/mol. The zero-order valence-corrected chi connectivity index (χ0v) is 15.2. The lowest BCUT2D eigenvalue weighted by molar-refractivity contribution is 0.0950. The Morgan fingerprint density at radius 3 is 2.48 bits per heavy atom. The van der Waals surface area contributed by atoms with Crippen LogP contribution in [0.3, 0.4) is 0 Å². The van der Waals surface area contributed by atoms with E-state index in [0.29, 0.717) is 30.2 Å². The van der Waals surface area contributed by atoms with Crippen LogP contribution in [0, 0.1) is 0 Å². The molecule has 2 rings (SSSR count). The van der Waals surface area contributed by atoms with Gasteiger partial charge in [-0.15, -0.1) is 12.4 Å². The molecule has 136 valence electrons. The average Bonchev–Trinajstić information content (AvgIpc) is 2.61. The zero-order valence-electron chi connectivity index (χ0n) is 13.7. The van der Waals surface area contributed by atoms with Gasteiger partial charge in [-0.25, -0.2) is 0 Å². The molecule has 2 aromatic carbocycles. The number of aliphatic hydroxyl groups excluding tert-OH is 1. The van der Waals surface area contributed by atoms with E-state index >= 15 is 0 Å². The molecule has 0 aliphatic carbocycles. The minimum absolute atomic E-state index is 0. The molecule has 7 heteroatoms. The van der Waals surface area contributed by atoms with Crippen molar-refractivity contribution in [3.05, 3.63) is 65.2 Å². The minimum Gasteiger partial charge on any atom is -0.491 e. The number of hydrogen-bond acceptors (Lipinski definition) is 4. The van der Waals surface area contributed by atoms with Gasteiger partial charge in [0.05, 0.1) is 10.6 Å². The molecule has 0 saturated heterocycles. The van der Waals surface area contributed by atoms with Crippen LogP contribution < -0.4 is 15.4 Å². The molecule has 0 saturated carbocycles. The van der Waals surface area contributed by atoms with Crippen LogP contribution in [-0.2, 0) is 0 Å². The lowest BCUT2D eigenvalue weighted by Crippen LogP contribution is -2.37. The van der Waals surface area contributed by atoms with Crippen LogP contribution in [0.1, 0.15) is 10.4 Å². The van der Waals surface area contributed by atoms with E-state index in [0.717, 1.165) is 5.75 Å². The number of carbonyl (C=O) groups excluding carboxylic acids is 1. The first kappa shape index (κ1) is 21.3. The molecule has 0 bridgehead atoms. The van der Waals surface area contributed by atoms with Gasteiger partial charge < -0.3 is 20.5 Å². The van der Waals surface area contributed by atoms with Gasteiger partial charge in [0.15, 0.2) is 0 Å². The Hall–Kier alpha value is -1.79. The van der Waals surface area contributed by atoms with Crippen molar-refractivity contribution in [3.63, 3.8) is 0 Å². The van der Waals surface area contributed by atoms with E-state index in [1.807, 2.05) is 30.3 Å². The van der Waals surface area contributed by atoms with E-state index in [1.165, 1.54) is 0 Å². The van der Waals surface area contributed by atoms with Gasteiger partial charge in [0.25, 0.3) is 5.91 Å². The van der Waals surface area contributed by atoms with Crippen molar-refractivity contribution in [1.29, 1.82) is 0 Å². The van der Waals surface area contributed by atoms with Gasteiger partial charge in [0.1, 0.15) is 18.5 Å². The van der Waals surface area contributed by atoms with Crippen LogP contribution in [0.25, 0.3) is 0 Å². The molecule has 3 N–H and O–H groups in total. The lowest BCUT2D eigenvalue weighted by Gasteiger charge is -2.13. The van der Waals surface area contributed by atoms with Crippen LogP contribution in [0.2, 0.25) is 5.02 Å². The Kier molecular flexibility index (Phi) is 9.96. The Balaban J connectivity index is 0.00000312. The fourth-order valence-corrected chi connectivity index (χ4v) is 2.26. The quantitative estimate of drug-likeness (QED) is 0.581. The summed E-state index contributed by atoms with van der Waals surface area (Å²) in [4.78, 5) is 11.9. The first-order valence-electron chi connectivity index (χ1n) is 7.76. The Morgan fingerprint density at radius 2 is 1.76 bits per heavy atom. The van der Waals surface area contributed by atoms with E-state index in [9.17, 15) is 9.90 Å². The highest BCUT2D eigenvalue weighted by molar-refractivity contribution is 6.33. The maximum absolute atomic E-state index is 11.9. The van der Waals surface area contributed by atoms with Crippen LogP contribution in [0.15, 0.2) is 54.6 Å². The summed E-state index contributed by atoms with van der Waals surface area (Å²) >= 11 is 5.96. The predicted octanol–water partition coefficient (Wildman–Crippen LogP) is 2.52. The van der Waals surface area contributed by atoms with Crippen molar-refractivity contribution in [2.75, 3.05) is 26.2 Å². The Bertz CT molecular complexity index is 641. The van der Waals surface area contributed by atoms with E-state index in [-0.39, 0.29) is 24.9 Å². The predicted molar refractivity (Wildman–Crippen MR) is 102 cm³/mol. The highest BCUT2D eigenvalue weighted by Crippen LogP contribution is 2.14. The molecule has 0 radical (unpaired) electrons. The number of aliphatic hydroxyl groups is 1. The maximum atomic E-state index is 11.9. The number of benzene rings is 2. The van der Waals surface area contributed by atoms with Gasteiger partial charge in [-0.2, -0.15) is 0 Å². The van der Waals surface area contributed by atoms with E-state index in [4.69, 9.17) is 16.3 Å². The van der Waals surface area contributed by atoms with Gasteiger partial charge in [0.2, 0.25) is 0 Å². The van der Waals surface area contributed by atoms with Gasteiger partial charge in [-0.3, -0.25) is 4.79 Å². The van der Waals surface area contributed by atoms with Crippen molar-refractivity contribution in [2.24, 2.45) is 0 Å². The second-order valence-electron chi connectivity index (χ2n) is 5.22. The molecule has 0 aliphatic rings. The third-order valence-electron chi connectivity index (χ3n) is 3.27. The second kappa shape index (κ2) is 11.7. The number of para-hydroxylation sites is 1. The van der Waals surface area contributed by atoms with Crippen LogP contribution in [-0.4, -0.2) is 43.4 Å². The number of carbonyl (C=O) groups is 1. The number of rotatable bonds is 9. The average molecular weight is 385 g/mol. The molecular weight excluding hydrogens is 363 g/mol. The van der Waals surface area contributed by atoms with Crippen molar-refractivity contribution in [1.82, 2.24) is 10.6 Å². The third kappa shape index (κ3) is 7.75. The molecular formula is C18H22Cl2N2O3. The van der Waals surface area contributed by atoms with E-state index in [2.05, 4.69) is 10.6 Å². The fraction of sp³-hybridized carbons (Fsp3) is 0.278. The largest absolute Gasteiger partial charge is 0.491 e. The smallest absolute Gasteiger partial charge is 0.252 e. The number of halogens is 2. The normalized spacial score (nSPS) is 11.3. The molecule has 1 atom stereocenters. The minimum atomic E-state index is -0.621. The Morgan fingerprint density at radius 1 is 1.08 bits per heavy atom. The highest BCUT2D eigenvalue weighted by atomic mass is 35.5. The van der Waals surface area contributed by atoms with Crippen molar-refractivity contribution >= 4 is 29.9 Å². The van der Waals surface area contributed by atoms with Crippen LogP contribution in [0.4, 0.5) is 0 Å². The molecule has 0 aromatic heterocycles. The third-order valence-corrected chi connectivity index (χ3v) is 3.60. The van der Waals surface area contributed by atoms with Crippen LogP contribution in [0.5, 0.6) is 5.75 Å². The van der Waals surface area contributed by atoms with Gasteiger partial charge in [-0.1, -0.05) is 41.9 Å². The fourth-order valence-electron chi connectivity index (χ4n) is 2.04. The molecule has 1 unspecified atom stereocenters. The summed E-state index contributed by atoms with van der Waals surface area (Å²) in [6.07, 6.45) is -0.621. The number of ether oxygens (including phenoxy) is 1. The van der Waals surface area contributed by atoms with Gasteiger partial charge >= 0.3 is 0 Å². The molecule has 2 aromatic rings. The van der Waals surface area contributed by atoms with Gasteiger partial charge in [-0.05, 0) is 24.3 Å². The highest BCUT2D eigenvalue weighted by Gasteiger charge is 2.09. The summed E-state index contributed by atoms with van der Waals surface area (Å²) in [5.74, 6) is 0.513. The van der Waals surface area contributed by atoms with E-state index in [1.54, 1.807) is 24.3 Å².